The molecule has 0 fully saturated rings. The van der Waals surface area contributed by atoms with E-state index in [1.54, 1.807) is 27.7 Å². The summed E-state index contributed by atoms with van der Waals surface area (Å²) < 4.78 is 17.7. The summed E-state index contributed by atoms with van der Waals surface area (Å²) in [6.07, 6.45) is -0.818. The van der Waals surface area contributed by atoms with Crippen LogP contribution in [0.1, 0.15) is 41.0 Å². The van der Waals surface area contributed by atoms with Gasteiger partial charge >= 0.3 is 5.97 Å². The van der Waals surface area contributed by atoms with Gasteiger partial charge in [-0.25, -0.2) is 4.39 Å². The smallest absolute Gasteiger partial charge is 0.306 e. The summed E-state index contributed by atoms with van der Waals surface area (Å²) in [5, 5.41) is 0. The van der Waals surface area contributed by atoms with Crippen LogP contribution in [0.3, 0.4) is 0 Å². The van der Waals surface area contributed by atoms with Crippen molar-refractivity contribution in [3.63, 3.8) is 0 Å². The number of hydrogen-bond acceptors (Lipinski definition) is 2. The maximum atomic E-state index is 12.7. The second-order valence-electron chi connectivity index (χ2n) is 4.45. The summed E-state index contributed by atoms with van der Waals surface area (Å²) in [4.78, 5) is 11.2. The van der Waals surface area contributed by atoms with Crippen molar-refractivity contribution in [2.24, 2.45) is 5.92 Å². The van der Waals surface area contributed by atoms with Gasteiger partial charge < -0.3 is 4.74 Å². The van der Waals surface area contributed by atoms with Crippen molar-refractivity contribution in [3.8, 4) is 0 Å². The highest BCUT2D eigenvalue weighted by Crippen LogP contribution is 2.15. The van der Waals surface area contributed by atoms with E-state index >= 15 is 0 Å². The molecule has 0 aromatic heterocycles. The fourth-order valence-electron chi connectivity index (χ4n) is 0.808. The minimum Gasteiger partial charge on any atom is -0.460 e. The molecule has 2 nitrogen and oxygen atoms in total. The van der Waals surface area contributed by atoms with Gasteiger partial charge in [0.05, 0.1) is 6.42 Å². The highest BCUT2D eigenvalue weighted by molar-refractivity contribution is 5.70. The maximum Gasteiger partial charge on any atom is 0.306 e. The number of alkyl halides is 1. The van der Waals surface area contributed by atoms with Gasteiger partial charge in [-0.3, -0.25) is 4.79 Å². The summed E-state index contributed by atoms with van der Waals surface area (Å²) in [5.74, 6) is -0.598. The van der Waals surface area contributed by atoms with Crippen molar-refractivity contribution in [1.82, 2.24) is 0 Å². The third kappa shape index (κ3) is 6.55. The lowest BCUT2D eigenvalue weighted by molar-refractivity contribution is -0.156. The van der Waals surface area contributed by atoms with Crippen LogP contribution in [0.2, 0.25) is 0 Å². The zero-order valence-corrected chi connectivity index (χ0v) is 9.06. The molecular formula is C10H19FO2. The van der Waals surface area contributed by atoms with Crippen LogP contribution < -0.4 is 0 Å². The van der Waals surface area contributed by atoms with Crippen LogP contribution in [-0.2, 0) is 9.53 Å². The molecule has 0 aliphatic rings. The molecule has 0 amide bonds. The van der Waals surface area contributed by atoms with E-state index in [2.05, 4.69) is 0 Å². The average Bonchev–Trinajstić information content (AvgIpc) is 1.81. The summed E-state index contributed by atoms with van der Waals surface area (Å²) in [6, 6.07) is 0. The molecule has 0 heterocycles. The van der Waals surface area contributed by atoms with Gasteiger partial charge in [-0.15, -0.1) is 0 Å². The molecule has 0 unspecified atom stereocenters. The van der Waals surface area contributed by atoms with Crippen LogP contribution in [0, 0.1) is 5.92 Å². The summed E-state index contributed by atoms with van der Waals surface area (Å²) in [6.45, 7) is 8.56. The van der Waals surface area contributed by atoms with E-state index in [9.17, 15) is 9.18 Å². The molecule has 78 valence electrons. The Morgan fingerprint density at radius 1 is 1.38 bits per heavy atom. The molecule has 13 heavy (non-hydrogen) atoms. The average molecular weight is 190 g/mol. The topological polar surface area (TPSA) is 26.3 Å². The Balaban J connectivity index is 3.89. The van der Waals surface area contributed by atoms with Gasteiger partial charge in [0, 0.05) is 0 Å². The molecule has 0 aromatic carbocycles. The minimum atomic E-state index is -0.965. The maximum absolute atomic E-state index is 12.7. The molecule has 0 radical (unpaired) electrons. The summed E-state index contributed by atoms with van der Waals surface area (Å²) >= 11 is 0. The lowest BCUT2D eigenvalue weighted by atomic mass is 10.0. The molecule has 0 aliphatic heterocycles. The molecule has 3 heteroatoms. The monoisotopic (exact) mass is 190 g/mol. The summed E-state index contributed by atoms with van der Waals surface area (Å²) in [5.41, 5.74) is -0.476. The zero-order valence-electron chi connectivity index (χ0n) is 9.06. The van der Waals surface area contributed by atoms with Crippen molar-refractivity contribution >= 4 is 5.97 Å². The minimum absolute atomic E-state index is 0.148. The normalized spacial score (nSPS) is 16.5. The van der Waals surface area contributed by atoms with Crippen LogP contribution in [0.25, 0.3) is 0 Å². The zero-order chi connectivity index (χ0) is 10.6. The standard InChI is InChI=1S/C10H19FO2/c1-7(8(2)11)6-9(12)13-10(3,4)5/h7-8H,6H2,1-5H3/t7-,8-/m0/s1. The Labute approximate surface area is 79.5 Å². The number of esters is 1. The van der Waals surface area contributed by atoms with Gasteiger partial charge in [0.2, 0.25) is 0 Å². The molecule has 0 aliphatic carbocycles. The first-order valence-electron chi connectivity index (χ1n) is 4.58. The van der Waals surface area contributed by atoms with E-state index in [-0.39, 0.29) is 18.3 Å². The lowest BCUT2D eigenvalue weighted by Gasteiger charge is -2.21. The molecule has 0 saturated carbocycles. The third-order valence-electron chi connectivity index (χ3n) is 1.69. The Hall–Kier alpha value is -0.600. The SMILES string of the molecule is C[C@H](F)[C@@H](C)CC(=O)OC(C)(C)C. The third-order valence-corrected chi connectivity index (χ3v) is 1.69. The highest BCUT2D eigenvalue weighted by Gasteiger charge is 2.20. The molecule has 0 bridgehead atoms. The molecule has 0 N–H and O–H groups in total. The molecule has 2 atom stereocenters. The molecule has 0 rings (SSSR count). The first-order valence-corrected chi connectivity index (χ1v) is 4.58. The predicted octanol–water partition coefficient (Wildman–Crippen LogP) is 2.71. The van der Waals surface area contributed by atoms with Crippen LogP contribution >= 0.6 is 0 Å². The largest absolute Gasteiger partial charge is 0.460 e. The predicted molar refractivity (Wildman–Crippen MR) is 50.2 cm³/mol. The Bertz CT molecular complexity index is 170. The molecule has 0 spiro atoms. The molecule has 0 aromatic rings. The highest BCUT2D eigenvalue weighted by atomic mass is 19.1. The van der Waals surface area contributed by atoms with Crippen LogP contribution in [0.4, 0.5) is 4.39 Å². The quantitative estimate of drug-likeness (QED) is 0.639. The van der Waals surface area contributed by atoms with Gasteiger partial charge in [0.25, 0.3) is 0 Å². The Kier molecular flexibility index (Phi) is 4.37. The van der Waals surface area contributed by atoms with Crippen molar-refractivity contribution in [3.05, 3.63) is 0 Å². The van der Waals surface area contributed by atoms with Crippen molar-refractivity contribution in [2.75, 3.05) is 0 Å². The van der Waals surface area contributed by atoms with Gasteiger partial charge in [0.1, 0.15) is 11.8 Å². The second-order valence-corrected chi connectivity index (χ2v) is 4.45. The van der Waals surface area contributed by atoms with Crippen LogP contribution in [0.15, 0.2) is 0 Å². The summed E-state index contributed by atoms with van der Waals surface area (Å²) in [7, 11) is 0. The van der Waals surface area contributed by atoms with Crippen molar-refractivity contribution < 1.29 is 13.9 Å². The number of carbonyl (C=O) groups is 1. The number of rotatable bonds is 3. The van der Waals surface area contributed by atoms with Crippen LogP contribution in [0.5, 0.6) is 0 Å². The fraction of sp³-hybridized carbons (Fsp3) is 0.900. The van der Waals surface area contributed by atoms with Gasteiger partial charge in [-0.05, 0) is 33.6 Å². The second kappa shape index (κ2) is 4.58. The van der Waals surface area contributed by atoms with E-state index in [4.69, 9.17) is 4.74 Å². The number of hydrogen-bond donors (Lipinski definition) is 0. The van der Waals surface area contributed by atoms with E-state index in [0.29, 0.717) is 0 Å². The number of carbonyl (C=O) groups excluding carboxylic acids is 1. The first kappa shape index (κ1) is 12.4. The Morgan fingerprint density at radius 3 is 2.15 bits per heavy atom. The van der Waals surface area contributed by atoms with Gasteiger partial charge in [0.15, 0.2) is 0 Å². The Morgan fingerprint density at radius 2 is 1.85 bits per heavy atom. The first-order chi connectivity index (χ1) is 5.72. The van der Waals surface area contributed by atoms with E-state index in [1.165, 1.54) is 6.92 Å². The van der Waals surface area contributed by atoms with Gasteiger partial charge in [-0.2, -0.15) is 0 Å². The van der Waals surface area contributed by atoms with Crippen molar-refractivity contribution in [1.29, 1.82) is 0 Å². The van der Waals surface area contributed by atoms with Crippen molar-refractivity contribution in [2.45, 2.75) is 52.8 Å². The molecular weight excluding hydrogens is 171 g/mol. The number of ether oxygens (including phenoxy) is 1. The molecule has 0 saturated heterocycles. The van der Waals surface area contributed by atoms with E-state index < -0.39 is 11.8 Å². The van der Waals surface area contributed by atoms with Gasteiger partial charge in [-0.1, -0.05) is 6.92 Å². The fourth-order valence-corrected chi connectivity index (χ4v) is 0.808. The van der Waals surface area contributed by atoms with Crippen LogP contribution in [-0.4, -0.2) is 17.7 Å². The number of halogens is 1. The lowest BCUT2D eigenvalue weighted by Crippen LogP contribution is -2.26. The van der Waals surface area contributed by atoms with E-state index in [0.717, 1.165) is 0 Å². The van der Waals surface area contributed by atoms with E-state index in [1.807, 2.05) is 0 Å².